The van der Waals surface area contributed by atoms with Crippen molar-refractivity contribution in [2.75, 3.05) is 13.2 Å². The number of rotatable bonds is 5. The molecule has 0 aromatic carbocycles. The number of nitrogens with one attached hydrogen (secondary N) is 1. The Hall–Kier alpha value is -0.870. The van der Waals surface area contributed by atoms with Crippen LogP contribution in [0.2, 0.25) is 0 Å². The molecule has 0 saturated carbocycles. The van der Waals surface area contributed by atoms with Crippen LogP contribution in [-0.2, 0) is 17.8 Å². The van der Waals surface area contributed by atoms with E-state index in [0.29, 0.717) is 6.10 Å². The molecule has 1 aliphatic heterocycles. The highest BCUT2D eigenvalue weighted by atomic mass is 16.5. The first-order chi connectivity index (χ1) is 7.38. The monoisotopic (exact) mass is 209 g/mol. The normalized spacial score (nSPS) is 21.0. The smallest absolute Gasteiger partial charge is 0.0700 e. The second-order valence-electron chi connectivity index (χ2n) is 3.97. The average molecular weight is 209 g/mol. The van der Waals surface area contributed by atoms with E-state index in [1.165, 1.54) is 18.4 Å². The summed E-state index contributed by atoms with van der Waals surface area (Å²) in [7, 11) is 0. The molecule has 1 fully saturated rings. The Morgan fingerprint density at radius 3 is 3.27 bits per heavy atom. The highest BCUT2D eigenvalue weighted by Gasteiger charge is 2.14. The minimum atomic E-state index is 0.422. The van der Waals surface area contributed by atoms with Crippen molar-refractivity contribution in [3.63, 3.8) is 0 Å². The molecule has 2 rings (SSSR count). The molecule has 0 spiro atoms. The molecule has 1 N–H and O–H groups in total. The van der Waals surface area contributed by atoms with Crippen LogP contribution in [0, 0.1) is 0 Å². The van der Waals surface area contributed by atoms with Crippen molar-refractivity contribution in [2.24, 2.45) is 0 Å². The first kappa shape index (κ1) is 10.6. The summed E-state index contributed by atoms with van der Waals surface area (Å²) in [5.74, 6) is 0. The molecule has 1 aliphatic rings. The summed E-state index contributed by atoms with van der Waals surface area (Å²) in [6.45, 7) is 5.81. The highest BCUT2D eigenvalue weighted by Crippen LogP contribution is 2.10. The summed E-state index contributed by atoms with van der Waals surface area (Å²) in [6, 6.07) is 0. The standard InChI is InChI=1S/C11H19N3O/c1-2-14-9-10(7-13-14)6-12-8-11-4-3-5-15-11/h7,9,11-12H,2-6,8H2,1H3/t11-/m0/s1. The van der Waals surface area contributed by atoms with Crippen LogP contribution in [0.15, 0.2) is 12.4 Å². The molecule has 1 saturated heterocycles. The van der Waals surface area contributed by atoms with Crippen LogP contribution >= 0.6 is 0 Å². The van der Waals surface area contributed by atoms with Gasteiger partial charge in [-0.1, -0.05) is 0 Å². The maximum atomic E-state index is 5.53. The summed E-state index contributed by atoms with van der Waals surface area (Å²) in [5.41, 5.74) is 1.25. The first-order valence-corrected chi connectivity index (χ1v) is 5.72. The fourth-order valence-electron chi connectivity index (χ4n) is 1.85. The number of hydrogen-bond donors (Lipinski definition) is 1. The van der Waals surface area contributed by atoms with Gasteiger partial charge in [0.05, 0.1) is 12.3 Å². The zero-order valence-corrected chi connectivity index (χ0v) is 9.28. The molecule has 1 atom stereocenters. The Bertz CT molecular complexity index is 292. The van der Waals surface area contributed by atoms with E-state index < -0.39 is 0 Å². The van der Waals surface area contributed by atoms with E-state index in [1.54, 1.807) is 0 Å². The summed E-state index contributed by atoms with van der Waals surface area (Å²) in [6.07, 6.45) is 6.83. The number of aryl methyl sites for hydroxylation is 1. The first-order valence-electron chi connectivity index (χ1n) is 5.72. The lowest BCUT2D eigenvalue weighted by atomic mass is 10.2. The van der Waals surface area contributed by atoms with Crippen molar-refractivity contribution < 1.29 is 4.74 Å². The van der Waals surface area contributed by atoms with Crippen LogP contribution in [0.4, 0.5) is 0 Å². The van der Waals surface area contributed by atoms with E-state index in [-0.39, 0.29) is 0 Å². The van der Waals surface area contributed by atoms with E-state index in [1.807, 2.05) is 10.9 Å². The molecular weight excluding hydrogens is 190 g/mol. The molecule has 0 unspecified atom stereocenters. The van der Waals surface area contributed by atoms with E-state index in [9.17, 15) is 0 Å². The van der Waals surface area contributed by atoms with Gasteiger partial charge < -0.3 is 10.1 Å². The lowest BCUT2D eigenvalue weighted by Crippen LogP contribution is -2.25. The fourth-order valence-corrected chi connectivity index (χ4v) is 1.85. The van der Waals surface area contributed by atoms with E-state index >= 15 is 0 Å². The van der Waals surface area contributed by atoms with Crippen molar-refractivity contribution in [1.82, 2.24) is 15.1 Å². The topological polar surface area (TPSA) is 39.1 Å². The predicted octanol–water partition coefficient (Wildman–Crippen LogP) is 1.17. The second-order valence-corrected chi connectivity index (χ2v) is 3.97. The third-order valence-electron chi connectivity index (χ3n) is 2.74. The molecule has 4 heteroatoms. The Kier molecular flexibility index (Phi) is 3.75. The maximum Gasteiger partial charge on any atom is 0.0700 e. The zero-order chi connectivity index (χ0) is 10.5. The molecular formula is C11H19N3O. The molecule has 84 valence electrons. The van der Waals surface area contributed by atoms with Gasteiger partial charge >= 0.3 is 0 Å². The predicted molar refractivity (Wildman–Crippen MR) is 58.6 cm³/mol. The Morgan fingerprint density at radius 2 is 2.60 bits per heavy atom. The number of ether oxygens (including phenoxy) is 1. The SMILES string of the molecule is CCn1cc(CNC[C@@H]2CCCO2)cn1. The van der Waals surface area contributed by atoms with Gasteiger partial charge in [0.15, 0.2) is 0 Å². The van der Waals surface area contributed by atoms with Gasteiger partial charge in [0.25, 0.3) is 0 Å². The van der Waals surface area contributed by atoms with Gasteiger partial charge in [-0.2, -0.15) is 5.10 Å². The van der Waals surface area contributed by atoms with Crippen molar-refractivity contribution >= 4 is 0 Å². The van der Waals surface area contributed by atoms with Crippen molar-refractivity contribution in [3.8, 4) is 0 Å². The van der Waals surface area contributed by atoms with Gasteiger partial charge in [0.2, 0.25) is 0 Å². The fraction of sp³-hybridized carbons (Fsp3) is 0.727. The van der Waals surface area contributed by atoms with Gasteiger partial charge in [0, 0.05) is 38.0 Å². The summed E-state index contributed by atoms with van der Waals surface area (Å²) in [4.78, 5) is 0. The van der Waals surface area contributed by atoms with Crippen LogP contribution in [0.3, 0.4) is 0 Å². The molecule has 1 aromatic rings. The Morgan fingerprint density at radius 1 is 1.67 bits per heavy atom. The number of hydrogen-bond acceptors (Lipinski definition) is 3. The molecule has 0 bridgehead atoms. The zero-order valence-electron chi connectivity index (χ0n) is 9.28. The third kappa shape index (κ3) is 3.04. The van der Waals surface area contributed by atoms with E-state index in [4.69, 9.17) is 4.74 Å². The van der Waals surface area contributed by atoms with Crippen LogP contribution in [0.5, 0.6) is 0 Å². The van der Waals surface area contributed by atoms with Crippen LogP contribution in [0.1, 0.15) is 25.3 Å². The highest BCUT2D eigenvalue weighted by molar-refractivity contribution is 5.03. The summed E-state index contributed by atoms with van der Waals surface area (Å²) in [5, 5.41) is 7.63. The maximum absolute atomic E-state index is 5.53. The average Bonchev–Trinajstić information content (AvgIpc) is 2.88. The lowest BCUT2D eigenvalue weighted by Gasteiger charge is -2.09. The molecule has 0 amide bonds. The van der Waals surface area contributed by atoms with Gasteiger partial charge in [-0.15, -0.1) is 0 Å². The summed E-state index contributed by atoms with van der Waals surface area (Å²) < 4.78 is 7.48. The van der Waals surface area contributed by atoms with Crippen LogP contribution in [0.25, 0.3) is 0 Å². The van der Waals surface area contributed by atoms with Gasteiger partial charge in [-0.3, -0.25) is 4.68 Å². The lowest BCUT2D eigenvalue weighted by molar-refractivity contribution is 0.110. The van der Waals surface area contributed by atoms with Crippen molar-refractivity contribution in [2.45, 2.75) is 39.0 Å². The van der Waals surface area contributed by atoms with E-state index in [0.717, 1.165) is 26.2 Å². The Balaban J connectivity index is 1.68. The molecule has 4 nitrogen and oxygen atoms in total. The summed E-state index contributed by atoms with van der Waals surface area (Å²) >= 11 is 0. The molecule has 15 heavy (non-hydrogen) atoms. The van der Waals surface area contributed by atoms with Gasteiger partial charge in [0.1, 0.15) is 0 Å². The van der Waals surface area contributed by atoms with Crippen LogP contribution < -0.4 is 5.32 Å². The molecule has 1 aromatic heterocycles. The van der Waals surface area contributed by atoms with E-state index in [2.05, 4.69) is 23.5 Å². The Labute approximate surface area is 90.6 Å². The van der Waals surface area contributed by atoms with Crippen molar-refractivity contribution in [3.05, 3.63) is 18.0 Å². The van der Waals surface area contributed by atoms with Gasteiger partial charge in [-0.25, -0.2) is 0 Å². The molecule has 2 heterocycles. The molecule has 0 aliphatic carbocycles. The quantitative estimate of drug-likeness (QED) is 0.791. The number of nitrogens with zero attached hydrogens (tertiary/aromatic N) is 2. The minimum Gasteiger partial charge on any atom is -0.377 e. The largest absolute Gasteiger partial charge is 0.377 e. The second kappa shape index (κ2) is 5.28. The van der Waals surface area contributed by atoms with Crippen molar-refractivity contribution in [1.29, 1.82) is 0 Å². The third-order valence-corrected chi connectivity index (χ3v) is 2.74. The van der Waals surface area contributed by atoms with Crippen LogP contribution in [-0.4, -0.2) is 29.0 Å². The molecule has 0 radical (unpaired) electrons. The number of aromatic nitrogens is 2. The minimum absolute atomic E-state index is 0.422. The van der Waals surface area contributed by atoms with Gasteiger partial charge in [-0.05, 0) is 19.8 Å².